The van der Waals surface area contributed by atoms with Crippen LogP contribution in [-0.4, -0.2) is 43.8 Å². The monoisotopic (exact) mass is 333 g/mol. The van der Waals surface area contributed by atoms with E-state index < -0.39 is 5.91 Å². The van der Waals surface area contributed by atoms with Crippen LogP contribution in [0.4, 0.5) is 5.13 Å². The molecule has 2 aromatic rings. The van der Waals surface area contributed by atoms with Crippen LogP contribution >= 0.6 is 11.3 Å². The van der Waals surface area contributed by atoms with Gasteiger partial charge in [0.15, 0.2) is 5.13 Å². The minimum atomic E-state index is -0.492. The minimum Gasteiger partial charge on any atom is -0.497 e. The molecule has 23 heavy (non-hydrogen) atoms. The molecule has 0 unspecified atom stereocenters. The van der Waals surface area contributed by atoms with Gasteiger partial charge in [-0.25, -0.2) is 4.98 Å². The molecule has 1 amide bonds. The number of hydrogen-bond donors (Lipinski definition) is 1. The molecular weight excluding hydrogens is 314 g/mol. The van der Waals surface area contributed by atoms with E-state index >= 15 is 0 Å². The number of nitrogens with two attached hydrogens (primary N) is 1. The van der Waals surface area contributed by atoms with Gasteiger partial charge in [0.2, 0.25) is 0 Å². The lowest BCUT2D eigenvalue weighted by Gasteiger charge is -2.32. The summed E-state index contributed by atoms with van der Waals surface area (Å²) in [6.07, 6.45) is 0.888. The van der Waals surface area contributed by atoms with Gasteiger partial charge in [-0.2, -0.15) is 0 Å². The molecule has 1 aliphatic heterocycles. The Kier molecular flexibility index (Phi) is 4.78. The van der Waals surface area contributed by atoms with Crippen molar-refractivity contribution < 1.29 is 14.3 Å². The zero-order valence-electron chi connectivity index (χ0n) is 12.9. The van der Waals surface area contributed by atoms with Crippen LogP contribution < -0.4 is 15.4 Å². The number of nitrogens with zero attached hydrogens (tertiary/aromatic N) is 2. The molecule has 1 aromatic carbocycles. The number of primary amides is 1. The van der Waals surface area contributed by atoms with Crippen molar-refractivity contribution >= 4 is 22.4 Å². The molecule has 0 saturated carbocycles. The number of anilines is 1. The number of carbonyl (C=O) groups is 1. The lowest BCUT2D eigenvalue weighted by atomic mass is 10.1. The molecule has 3 rings (SSSR count). The van der Waals surface area contributed by atoms with Crippen molar-refractivity contribution in [1.82, 2.24) is 4.98 Å². The van der Waals surface area contributed by atoms with Crippen LogP contribution in [0.3, 0.4) is 0 Å². The second-order valence-corrected chi connectivity index (χ2v) is 6.21. The fourth-order valence-corrected chi connectivity index (χ4v) is 3.45. The molecule has 2 heterocycles. The lowest BCUT2D eigenvalue weighted by Crippen LogP contribution is -2.43. The topological polar surface area (TPSA) is 77.7 Å². The van der Waals surface area contributed by atoms with Gasteiger partial charge in [0, 0.05) is 24.9 Å². The predicted octanol–water partition coefficient (Wildman–Crippen LogP) is 1.70. The molecule has 1 saturated heterocycles. The van der Waals surface area contributed by atoms with E-state index in [-0.39, 0.29) is 6.10 Å². The molecule has 2 N–H and O–H groups in total. The Balaban J connectivity index is 1.66. The van der Waals surface area contributed by atoms with E-state index in [1.807, 2.05) is 18.2 Å². The first-order valence-electron chi connectivity index (χ1n) is 7.40. The van der Waals surface area contributed by atoms with Crippen molar-refractivity contribution in [2.24, 2.45) is 5.73 Å². The predicted molar refractivity (Wildman–Crippen MR) is 89.3 cm³/mol. The maximum absolute atomic E-state index is 11.2. The van der Waals surface area contributed by atoms with Gasteiger partial charge in [0.1, 0.15) is 11.4 Å². The molecule has 1 aromatic heterocycles. The highest BCUT2D eigenvalue weighted by Gasteiger charge is 2.23. The summed E-state index contributed by atoms with van der Waals surface area (Å²) in [5.74, 6) is 0.356. The van der Waals surface area contributed by atoms with Crippen LogP contribution in [0.1, 0.15) is 16.1 Å². The molecule has 1 aliphatic rings. The van der Waals surface area contributed by atoms with Gasteiger partial charge >= 0.3 is 0 Å². The zero-order valence-corrected chi connectivity index (χ0v) is 13.7. The molecule has 1 fully saturated rings. The zero-order chi connectivity index (χ0) is 16.2. The molecule has 0 spiro atoms. The van der Waals surface area contributed by atoms with E-state index in [4.69, 9.17) is 15.2 Å². The van der Waals surface area contributed by atoms with Gasteiger partial charge in [-0.15, -0.1) is 11.3 Å². The number of amides is 1. The summed E-state index contributed by atoms with van der Waals surface area (Å²) in [4.78, 5) is 17.6. The summed E-state index contributed by atoms with van der Waals surface area (Å²) in [7, 11) is 1.66. The largest absolute Gasteiger partial charge is 0.497 e. The van der Waals surface area contributed by atoms with Gasteiger partial charge in [0.25, 0.3) is 5.91 Å². The molecule has 0 bridgehead atoms. The second-order valence-electron chi connectivity index (χ2n) is 5.37. The third-order valence-corrected chi connectivity index (χ3v) is 4.65. The number of benzene rings is 1. The van der Waals surface area contributed by atoms with E-state index in [9.17, 15) is 4.79 Å². The summed E-state index contributed by atoms with van der Waals surface area (Å²) in [5, 5.41) is 2.52. The maximum Gasteiger partial charge on any atom is 0.268 e. The quantitative estimate of drug-likeness (QED) is 0.901. The Morgan fingerprint density at radius 3 is 3.17 bits per heavy atom. The second kappa shape index (κ2) is 6.97. The number of carbonyl (C=O) groups excluding carboxylic acids is 1. The number of ether oxygens (including phenoxy) is 2. The van der Waals surface area contributed by atoms with E-state index in [0.29, 0.717) is 12.3 Å². The van der Waals surface area contributed by atoms with Crippen LogP contribution in [0.5, 0.6) is 5.75 Å². The molecular formula is C16H19N3O3S. The van der Waals surface area contributed by atoms with Gasteiger partial charge in [0.05, 0.1) is 19.8 Å². The Bertz CT molecular complexity index is 689. The first-order valence-corrected chi connectivity index (χ1v) is 8.28. The fraction of sp³-hybridized carbons (Fsp3) is 0.375. The van der Waals surface area contributed by atoms with Crippen molar-refractivity contribution in [3.63, 3.8) is 0 Å². The number of thiazole rings is 1. The van der Waals surface area contributed by atoms with Crippen LogP contribution in [0, 0.1) is 0 Å². The maximum atomic E-state index is 11.2. The van der Waals surface area contributed by atoms with Gasteiger partial charge in [-0.1, -0.05) is 12.1 Å². The summed E-state index contributed by atoms with van der Waals surface area (Å²) in [6.45, 7) is 2.14. The van der Waals surface area contributed by atoms with Crippen molar-refractivity contribution in [1.29, 1.82) is 0 Å². The molecule has 0 radical (unpaired) electrons. The van der Waals surface area contributed by atoms with Crippen LogP contribution in [0.25, 0.3) is 0 Å². The summed E-state index contributed by atoms with van der Waals surface area (Å²) in [5.41, 5.74) is 6.76. The average Bonchev–Trinajstić information content (AvgIpc) is 3.06. The van der Waals surface area contributed by atoms with Gasteiger partial charge in [-0.05, 0) is 17.7 Å². The normalized spacial score (nSPS) is 18.0. The van der Waals surface area contributed by atoms with E-state index in [1.165, 1.54) is 16.9 Å². The fourth-order valence-electron chi connectivity index (χ4n) is 2.60. The summed E-state index contributed by atoms with van der Waals surface area (Å²) < 4.78 is 11.1. The van der Waals surface area contributed by atoms with Gasteiger partial charge in [-0.3, -0.25) is 4.79 Å². The van der Waals surface area contributed by atoms with Crippen LogP contribution in [-0.2, 0) is 11.2 Å². The number of rotatable bonds is 5. The number of methoxy groups -OCH3 is 1. The molecule has 7 heteroatoms. The third kappa shape index (κ3) is 3.80. The Morgan fingerprint density at radius 2 is 2.43 bits per heavy atom. The molecule has 0 aliphatic carbocycles. The van der Waals surface area contributed by atoms with E-state index in [0.717, 1.165) is 30.4 Å². The van der Waals surface area contributed by atoms with E-state index in [1.54, 1.807) is 12.5 Å². The molecule has 122 valence electrons. The Labute approximate surface area is 138 Å². The standard InChI is InChI=1S/C16H19N3O3S/c1-21-12-4-2-3-11(7-12)8-13-9-19(5-6-22-13)16-18-14(10-23-16)15(17)20/h2-4,7,10,13H,5-6,8-9H2,1H3,(H2,17,20)/t13-/m1/s1. The van der Waals surface area contributed by atoms with Crippen molar-refractivity contribution in [3.05, 3.63) is 40.9 Å². The number of aromatic nitrogens is 1. The van der Waals surface area contributed by atoms with Crippen molar-refractivity contribution in [3.8, 4) is 5.75 Å². The Morgan fingerprint density at radius 1 is 1.57 bits per heavy atom. The first-order chi connectivity index (χ1) is 11.2. The third-order valence-electron chi connectivity index (χ3n) is 3.75. The summed E-state index contributed by atoms with van der Waals surface area (Å²) in [6, 6.07) is 8.00. The van der Waals surface area contributed by atoms with Crippen LogP contribution in [0.15, 0.2) is 29.6 Å². The molecule has 1 atom stereocenters. The Hall–Kier alpha value is -2.12. The van der Waals surface area contributed by atoms with E-state index in [2.05, 4.69) is 16.0 Å². The average molecular weight is 333 g/mol. The smallest absolute Gasteiger partial charge is 0.268 e. The van der Waals surface area contributed by atoms with Gasteiger partial charge < -0.3 is 20.1 Å². The van der Waals surface area contributed by atoms with Crippen molar-refractivity contribution in [2.45, 2.75) is 12.5 Å². The SMILES string of the molecule is COc1cccc(C[C@@H]2CN(c3nc(C(N)=O)cs3)CCO2)c1. The van der Waals surface area contributed by atoms with Crippen molar-refractivity contribution in [2.75, 3.05) is 31.7 Å². The first kappa shape index (κ1) is 15.8. The van der Waals surface area contributed by atoms with Crippen LogP contribution in [0.2, 0.25) is 0 Å². The summed E-state index contributed by atoms with van der Waals surface area (Å²) >= 11 is 1.44. The molecule has 6 nitrogen and oxygen atoms in total. The highest BCUT2D eigenvalue weighted by atomic mass is 32.1. The highest BCUT2D eigenvalue weighted by molar-refractivity contribution is 7.13. The number of morpholine rings is 1. The highest BCUT2D eigenvalue weighted by Crippen LogP contribution is 2.24. The minimum absolute atomic E-state index is 0.0804. The lowest BCUT2D eigenvalue weighted by molar-refractivity contribution is 0.0410. The number of hydrogen-bond acceptors (Lipinski definition) is 6.